The number of unbranched alkanes of at least 4 members (excludes halogenated alkanes) is 3. The molecule has 6 aromatic carbocycles. The second-order valence-electron chi connectivity index (χ2n) is 49.8. The fourth-order valence-electron chi connectivity index (χ4n) is 28.4. The maximum absolute atomic E-state index is 13.0. The van der Waals surface area contributed by atoms with E-state index in [2.05, 4.69) is 114 Å². The van der Waals surface area contributed by atoms with Crippen LogP contribution in [0.3, 0.4) is 0 Å². The Balaban J connectivity index is 0.000000160. The first-order valence-electron chi connectivity index (χ1n) is 57.1. The molecule has 6 saturated carbocycles. The lowest BCUT2D eigenvalue weighted by Gasteiger charge is -2.49. The lowest BCUT2D eigenvalue weighted by Crippen LogP contribution is -2.57. The molecule has 2 amide bonds. The van der Waals surface area contributed by atoms with E-state index in [1.54, 1.807) is 6.07 Å². The maximum Gasteiger partial charge on any atom is 0.407 e. The summed E-state index contributed by atoms with van der Waals surface area (Å²) in [5.74, 6) is 3.94. The second kappa shape index (κ2) is 49.7. The molecule has 0 saturated heterocycles. The van der Waals surface area contributed by atoms with Crippen molar-refractivity contribution in [2.24, 2.45) is 58.6 Å². The highest BCUT2D eigenvalue weighted by molar-refractivity contribution is 5.76. The molecule has 0 heterocycles. The fourth-order valence-corrected chi connectivity index (χ4v) is 28.4. The number of hydrogen-bond donors (Lipinski definition) is 9. The van der Waals surface area contributed by atoms with Crippen molar-refractivity contribution in [1.29, 1.82) is 0 Å². The van der Waals surface area contributed by atoms with Gasteiger partial charge < -0.3 is 76.7 Å². The number of phenolic OH excluding ortho intramolecular Hbond substituents is 2. The highest BCUT2D eigenvalue weighted by atomic mass is 16.6. The number of carboxylic acids is 2. The van der Waals surface area contributed by atoms with E-state index in [0.717, 1.165) is 114 Å². The molecule has 23 heteroatoms. The van der Waals surface area contributed by atoms with Crippen LogP contribution in [0.2, 0.25) is 0 Å². The van der Waals surface area contributed by atoms with Crippen molar-refractivity contribution in [3.63, 3.8) is 0 Å². The molecule has 18 atom stereocenters. The van der Waals surface area contributed by atoms with Crippen molar-refractivity contribution in [3.05, 3.63) is 176 Å². The summed E-state index contributed by atoms with van der Waals surface area (Å²) >= 11 is 0. The minimum atomic E-state index is -0.870. The molecule has 0 radical (unpaired) electrons. The minimum absolute atomic E-state index is 0.0388. The van der Waals surface area contributed by atoms with E-state index < -0.39 is 23.1 Å². The Morgan fingerprint density at radius 2 is 0.534 bits per heavy atom. The molecule has 148 heavy (non-hydrogen) atoms. The Bertz CT molecular complexity index is 5480. The number of nitrogens with one attached hydrogen (secondary N) is 2. The summed E-state index contributed by atoms with van der Waals surface area (Å²) in [5, 5.41) is 42.5. The van der Waals surface area contributed by atoms with Crippen LogP contribution in [0.1, 0.15) is 426 Å². The van der Waals surface area contributed by atoms with Gasteiger partial charge in [-0.1, -0.05) is 200 Å². The SMILES string of the molecule is CC(C)(C)OC(=O)N[C@H]1[C@H]2CCCCC[C@]1(C)c1cc(O)ccc1C2.C[C@@]12CCCCC[C@@H](Cc3ccc(O)cc31)[C@@H]2N.C[C@@]12CCCCC[C@@H](Cc3ccc(OC(=O)CCCCC(=O)Oc4ccc5c(c4)[C@@]4(C)CCCCC[C@@H](C5)[C@@H]4N)cc31)[C@@H]2N.C[C@H]1[C@H]2CCCCC[C@]1(C)c1cc(OC(=O)CCCCC(=O)Oc3ccc4c(c3)[C@@]3(C)CCCCC[C@@H](C4)[C@@H]3NC(=O)OC(C)(C)C)ccc1C2.O=C(O)CCCCC(=O)O. The molecule has 0 unspecified atom stereocenters. The first-order chi connectivity index (χ1) is 70.3. The minimum Gasteiger partial charge on any atom is -0.508 e. The summed E-state index contributed by atoms with van der Waals surface area (Å²) in [5.41, 5.74) is 34.3. The molecule has 0 aromatic heterocycles. The Morgan fingerprint density at radius 3 is 0.831 bits per heavy atom. The third kappa shape index (κ3) is 28.2. The predicted molar refractivity (Wildman–Crippen MR) is 580 cm³/mol. The van der Waals surface area contributed by atoms with Gasteiger partial charge in [0.1, 0.15) is 45.7 Å². The monoisotopic (exact) mass is 2040 g/mol. The topological polar surface area (TPSA) is 375 Å². The van der Waals surface area contributed by atoms with Gasteiger partial charge in [0.25, 0.3) is 0 Å². The number of nitrogens with two attached hydrogens (primary N) is 3. The molecule has 6 fully saturated rings. The predicted octanol–water partition coefficient (Wildman–Crippen LogP) is 25.8. The number of aliphatic carboxylic acids is 2. The average molecular weight is 2040 g/mol. The molecule has 12 N–H and O–H groups in total. The number of phenols is 2. The average Bonchev–Trinajstić information content (AvgIpc) is 0.789. The molecule has 12 aliphatic carbocycles. The van der Waals surface area contributed by atoms with E-state index >= 15 is 0 Å². The lowest BCUT2D eigenvalue weighted by molar-refractivity contribution is -0.139. The Morgan fingerprint density at radius 1 is 0.304 bits per heavy atom. The normalized spacial score (nSPS) is 29.1. The van der Waals surface area contributed by atoms with Crippen LogP contribution in [0.15, 0.2) is 109 Å². The van der Waals surface area contributed by atoms with Crippen LogP contribution in [0, 0.1) is 41.4 Å². The fraction of sp³-hybridized carbons (Fsp3) is 0.648. The number of fused-ring (bicyclic) bond motifs is 24. The molecule has 12 aliphatic rings. The summed E-state index contributed by atoms with van der Waals surface area (Å²) in [6, 6.07) is 36.6. The van der Waals surface area contributed by atoms with E-state index in [0.29, 0.717) is 109 Å². The van der Waals surface area contributed by atoms with E-state index in [9.17, 15) is 48.6 Å². The standard InChI is InChI=1S/C44H61NO6.C38H52N2O4.C21H31NO3.C16H23NO.C6H10O4/c1-29-30-15-9-7-13-23-43(29,5)36-27-34(21-19-31(36)25-30)49-38(46)17-11-12-18-39(47)50-35-22-20-32-26-33-16-10-8-14-24-44(6,37(32)28-35)40(33)45-41(48)51-42(2,3)4;1-37-19-9-3-5-11-27(35(37)39)21-25-15-17-29(23-31(25)37)43-33(41)13-7-8-14-34(42)44-30-18-16-26-22-28-12-6-4-10-20-38(2,36(28)40)32(26)24-30;1-20(2,3)25-19(24)22-18-15-8-6-5-7-11-21(18,4)17-13-16(23)10-9-14(17)12-15;1-16-8-4-2-3-5-12(15(16)17)9-11-6-7-13(18)10-14(11)16;7-5(8)3-1-2-4-6(9)10/h19-22,27-30,33,40H,7-18,23-26H2,1-6H3,(H,45,48);15-18,23-24,27-28,35-36H,3-14,19-22,39-40H2,1-2H3;9-10,13,15,18,23H,5-8,11-12H2,1-4H3,(H,22,24);6-7,10,12,15,18H,2-5,8-9,17H2,1H3;1-4H2,(H,7,8)(H,9,10)/t29-,30-,33-,40-,43-,44+;27-,28-,35-,36-,37+,38+;15-,18-,21+;12-,15-,16+;/m0000./s1. The maximum atomic E-state index is 13.0. The van der Waals surface area contributed by atoms with Gasteiger partial charge in [0, 0.05) is 95.8 Å². The number of alkyl carbamates (subject to hydrolysis) is 2. The van der Waals surface area contributed by atoms with Gasteiger partial charge in [-0.15, -0.1) is 0 Å². The third-order valence-electron chi connectivity index (χ3n) is 36.8. The van der Waals surface area contributed by atoms with Crippen molar-refractivity contribution in [3.8, 4) is 34.5 Å². The van der Waals surface area contributed by atoms with Crippen LogP contribution >= 0.6 is 0 Å². The molecule has 18 rings (SSSR count). The van der Waals surface area contributed by atoms with Gasteiger partial charge in [0.05, 0.1) is 0 Å². The van der Waals surface area contributed by atoms with E-state index in [1.807, 2.05) is 90.1 Å². The third-order valence-corrected chi connectivity index (χ3v) is 36.8. The summed E-state index contributed by atoms with van der Waals surface area (Å²) in [7, 11) is 0. The molecule has 810 valence electrons. The van der Waals surface area contributed by atoms with Gasteiger partial charge in [-0.25, -0.2) is 9.59 Å². The van der Waals surface area contributed by atoms with Crippen molar-refractivity contribution in [2.45, 2.75) is 472 Å². The number of carboxylic acid groups (broad SMARTS) is 2. The molecule has 0 aliphatic heterocycles. The van der Waals surface area contributed by atoms with Crippen LogP contribution in [0.4, 0.5) is 9.59 Å². The van der Waals surface area contributed by atoms with Crippen molar-refractivity contribution < 1.29 is 87.2 Å². The summed E-state index contributed by atoms with van der Waals surface area (Å²) in [6.07, 6.45) is 45.4. The van der Waals surface area contributed by atoms with Crippen LogP contribution in [0.5, 0.6) is 34.5 Å². The van der Waals surface area contributed by atoms with Crippen molar-refractivity contribution in [2.75, 3.05) is 0 Å². The smallest absolute Gasteiger partial charge is 0.407 e. The van der Waals surface area contributed by atoms with Gasteiger partial charge in [-0.2, -0.15) is 0 Å². The van der Waals surface area contributed by atoms with Crippen LogP contribution in [-0.2, 0) is 109 Å². The quantitative estimate of drug-likeness (QED) is 0.0184. The number of carbonyl (C=O) groups is 8. The van der Waals surface area contributed by atoms with Gasteiger partial charge in [0.2, 0.25) is 0 Å². The Kier molecular flexibility index (Phi) is 38.2. The zero-order chi connectivity index (χ0) is 106. The van der Waals surface area contributed by atoms with E-state index in [4.69, 9.17) is 55.8 Å². The van der Waals surface area contributed by atoms with Crippen LogP contribution < -0.4 is 46.8 Å². The van der Waals surface area contributed by atoms with Crippen molar-refractivity contribution in [1.82, 2.24) is 10.6 Å². The highest BCUT2D eigenvalue weighted by Crippen LogP contribution is 2.56. The number of hydrogen-bond acceptors (Lipinski definition) is 19. The molecule has 0 spiro atoms. The molecule has 12 bridgehead atoms. The summed E-state index contributed by atoms with van der Waals surface area (Å²) in [6.45, 7) is 27.5. The van der Waals surface area contributed by atoms with Crippen LogP contribution in [0.25, 0.3) is 0 Å². The number of benzene rings is 6. The highest BCUT2D eigenvalue weighted by Gasteiger charge is 2.53. The van der Waals surface area contributed by atoms with E-state index in [1.165, 1.54) is 190 Å². The number of aromatic hydroxyl groups is 2. The first kappa shape index (κ1) is 114. The zero-order valence-electron chi connectivity index (χ0n) is 91.5. The van der Waals surface area contributed by atoms with Gasteiger partial charge in [-0.05, 0) is 382 Å². The number of rotatable bonds is 21. The molecular weight excluding hydrogens is 1860 g/mol. The molecular formula is C125H177N5O18. The lowest BCUT2D eigenvalue weighted by atomic mass is 9.57. The number of ether oxygens (including phenoxy) is 6. The number of amides is 2. The van der Waals surface area contributed by atoms with Gasteiger partial charge >= 0.3 is 48.0 Å². The van der Waals surface area contributed by atoms with E-state index in [-0.39, 0.29) is 137 Å². The number of carbonyl (C=O) groups excluding carboxylic acids is 6. The second-order valence-corrected chi connectivity index (χ2v) is 49.8. The Labute approximate surface area is 881 Å². The van der Waals surface area contributed by atoms with Gasteiger partial charge in [-0.3, -0.25) is 28.8 Å². The Hall–Kier alpha value is -9.84. The van der Waals surface area contributed by atoms with Crippen molar-refractivity contribution >= 4 is 48.0 Å². The summed E-state index contributed by atoms with van der Waals surface area (Å²) in [4.78, 5) is 96.6. The zero-order valence-corrected chi connectivity index (χ0v) is 91.5. The largest absolute Gasteiger partial charge is 0.508 e. The van der Waals surface area contributed by atoms with Gasteiger partial charge in [0.15, 0.2) is 0 Å². The summed E-state index contributed by atoms with van der Waals surface area (Å²) < 4.78 is 34.4. The molecule has 6 aromatic rings. The molecule has 23 nitrogen and oxygen atoms in total. The van der Waals surface area contributed by atoms with Crippen LogP contribution in [-0.4, -0.2) is 110 Å². The number of esters is 4. The first-order valence-corrected chi connectivity index (χ1v) is 57.1.